The summed E-state index contributed by atoms with van der Waals surface area (Å²) in [5.74, 6) is 0.840. The van der Waals surface area contributed by atoms with Crippen molar-refractivity contribution in [3.8, 4) is 0 Å². The van der Waals surface area contributed by atoms with Gasteiger partial charge >= 0.3 is 0 Å². The Morgan fingerprint density at radius 1 is 0.963 bits per heavy atom. The second-order valence-corrected chi connectivity index (χ2v) is 7.43. The van der Waals surface area contributed by atoms with E-state index in [4.69, 9.17) is 0 Å². The number of carbonyl (C=O) groups is 1. The maximum atomic E-state index is 12.7. The zero-order chi connectivity index (χ0) is 18.9. The van der Waals surface area contributed by atoms with Gasteiger partial charge < -0.3 is 10.0 Å². The quantitative estimate of drug-likeness (QED) is 0.781. The van der Waals surface area contributed by atoms with Crippen LogP contribution in [0.2, 0.25) is 0 Å². The standard InChI is InChI=1S/C23H30N2O2/c26-16-15-24(18-22-9-5-2-6-10-22)19-23(27)25-13-11-21(12-14-25)17-20-7-3-1-4-8-20/h1-10,21,26H,11-19H2. The first kappa shape index (κ1) is 19.6. The van der Waals surface area contributed by atoms with Gasteiger partial charge in [0.1, 0.15) is 0 Å². The molecule has 0 saturated carbocycles. The number of rotatable bonds is 8. The molecule has 1 heterocycles. The van der Waals surface area contributed by atoms with E-state index in [0.717, 1.165) is 32.4 Å². The molecule has 2 aromatic carbocycles. The average Bonchev–Trinajstić information content (AvgIpc) is 2.70. The Morgan fingerprint density at radius 2 is 1.56 bits per heavy atom. The molecule has 0 bridgehead atoms. The fourth-order valence-corrected chi connectivity index (χ4v) is 3.82. The molecule has 0 spiro atoms. The van der Waals surface area contributed by atoms with E-state index < -0.39 is 0 Å². The summed E-state index contributed by atoms with van der Waals surface area (Å²) >= 11 is 0. The van der Waals surface area contributed by atoms with Crippen molar-refractivity contribution in [2.75, 3.05) is 32.8 Å². The Balaban J connectivity index is 1.47. The largest absolute Gasteiger partial charge is 0.395 e. The lowest BCUT2D eigenvalue weighted by Gasteiger charge is -2.33. The maximum Gasteiger partial charge on any atom is 0.236 e. The molecule has 1 fully saturated rings. The molecule has 0 aromatic heterocycles. The molecule has 1 amide bonds. The molecule has 1 saturated heterocycles. The predicted molar refractivity (Wildman–Crippen MR) is 108 cm³/mol. The molecule has 0 radical (unpaired) electrons. The van der Waals surface area contributed by atoms with E-state index in [0.29, 0.717) is 25.6 Å². The van der Waals surface area contributed by atoms with Gasteiger partial charge in [-0.2, -0.15) is 0 Å². The second-order valence-electron chi connectivity index (χ2n) is 7.43. The number of hydrogen-bond donors (Lipinski definition) is 1. The van der Waals surface area contributed by atoms with Gasteiger partial charge in [-0.05, 0) is 36.3 Å². The third-order valence-electron chi connectivity index (χ3n) is 5.36. The predicted octanol–water partition coefficient (Wildman–Crippen LogP) is 2.96. The molecule has 3 rings (SSSR count). The molecular weight excluding hydrogens is 336 g/mol. The number of amides is 1. The zero-order valence-corrected chi connectivity index (χ0v) is 16.0. The Labute approximate surface area is 162 Å². The van der Waals surface area contributed by atoms with Gasteiger partial charge in [0.15, 0.2) is 0 Å². The first-order valence-electron chi connectivity index (χ1n) is 9.93. The molecule has 0 unspecified atom stereocenters. The van der Waals surface area contributed by atoms with Gasteiger partial charge in [-0.3, -0.25) is 9.69 Å². The maximum absolute atomic E-state index is 12.7. The van der Waals surface area contributed by atoms with Crippen molar-refractivity contribution < 1.29 is 9.90 Å². The molecule has 1 aliphatic rings. The molecule has 4 heteroatoms. The summed E-state index contributed by atoms with van der Waals surface area (Å²) in [7, 11) is 0. The van der Waals surface area contributed by atoms with E-state index >= 15 is 0 Å². The van der Waals surface area contributed by atoms with Crippen LogP contribution in [-0.4, -0.2) is 53.6 Å². The first-order valence-corrected chi connectivity index (χ1v) is 9.93. The summed E-state index contributed by atoms with van der Waals surface area (Å²) in [6, 6.07) is 20.7. The summed E-state index contributed by atoms with van der Waals surface area (Å²) in [4.78, 5) is 16.8. The number of benzene rings is 2. The monoisotopic (exact) mass is 366 g/mol. The Bertz CT molecular complexity index is 682. The molecule has 0 atom stereocenters. The normalized spacial score (nSPS) is 15.3. The van der Waals surface area contributed by atoms with Crippen molar-refractivity contribution >= 4 is 5.91 Å². The highest BCUT2D eigenvalue weighted by atomic mass is 16.3. The van der Waals surface area contributed by atoms with Crippen LogP contribution in [0.15, 0.2) is 60.7 Å². The van der Waals surface area contributed by atoms with E-state index in [1.165, 1.54) is 11.1 Å². The topological polar surface area (TPSA) is 43.8 Å². The molecule has 144 valence electrons. The fraction of sp³-hybridized carbons (Fsp3) is 0.435. The second kappa shape index (κ2) is 10.2. The van der Waals surface area contributed by atoms with Crippen LogP contribution in [0.5, 0.6) is 0 Å². The van der Waals surface area contributed by atoms with Crippen molar-refractivity contribution in [1.29, 1.82) is 0 Å². The SMILES string of the molecule is O=C(CN(CCO)Cc1ccccc1)N1CCC(Cc2ccccc2)CC1. The van der Waals surface area contributed by atoms with Gasteiger partial charge in [0.25, 0.3) is 0 Å². The number of nitrogens with zero attached hydrogens (tertiary/aromatic N) is 2. The minimum atomic E-state index is 0.0687. The lowest BCUT2D eigenvalue weighted by atomic mass is 9.90. The van der Waals surface area contributed by atoms with Crippen LogP contribution in [0.1, 0.15) is 24.0 Å². The van der Waals surface area contributed by atoms with Crippen LogP contribution in [-0.2, 0) is 17.8 Å². The number of hydrogen-bond acceptors (Lipinski definition) is 3. The molecule has 2 aromatic rings. The summed E-state index contributed by atoms with van der Waals surface area (Å²) < 4.78 is 0. The van der Waals surface area contributed by atoms with Crippen LogP contribution in [0.4, 0.5) is 0 Å². The Kier molecular flexibility index (Phi) is 7.43. The highest BCUT2D eigenvalue weighted by Crippen LogP contribution is 2.22. The van der Waals surface area contributed by atoms with Crippen molar-refractivity contribution in [3.63, 3.8) is 0 Å². The summed E-state index contributed by atoms with van der Waals surface area (Å²) in [5, 5.41) is 9.35. The molecule has 1 N–H and O–H groups in total. The van der Waals surface area contributed by atoms with E-state index in [-0.39, 0.29) is 12.5 Å². The molecular formula is C23H30N2O2. The van der Waals surface area contributed by atoms with E-state index in [1.54, 1.807) is 0 Å². The van der Waals surface area contributed by atoms with Gasteiger partial charge in [0.05, 0.1) is 13.2 Å². The van der Waals surface area contributed by atoms with Crippen LogP contribution in [0.3, 0.4) is 0 Å². The number of aliphatic hydroxyl groups excluding tert-OH is 1. The van der Waals surface area contributed by atoms with E-state index in [2.05, 4.69) is 42.5 Å². The number of piperidine rings is 1. The van der Waals surface area contributed by atoms with Crippen LogP contribution in [0, 0.1) is 5.92 Å². The third kappa shape index (κ3) is 6.19. The minimum absolute atomic E-state index is 0.0687. The van der Waals surface area contributed by atoms with Crippen molar-refractivity contribution in [3.05, 3.63) is 71.8 Å². The molecule has 4 nitrogen and oxygen atoms in total. The first-order chi connectivity index (χ1) is 13.2. The van der Waals surface area contributed by atoms with Crippen molar-refractivity contribution in [2.24, 2.45) is 5.92 Å². The Morgan fingerprint density at radius 3 is 2.15 bits per heavy atom. The smallest absolute Gasteiger partial charge is 0.236 e. The number of carbonyl (C=O) groups excluding carboxylic acids is 1. The highest BCUT2D eigenvalue weighted by molar-refractivity contribution is 5.78. The lowest BCUT2D eigenvalue weighted by molar-refractivity contribution is -0.134. The number of aliphatic hydroxyl groups is 1. The molecule has 0 aliphatic carbocycles. The van der Waals surface area contributed by atoms with E-state index in [9.17, 15) is 9.90 Å². The van der Waals surface area contributed by atoms with Crippen LogP contribution >= 0.6 is 0 Å². The van der Waals surface area contributed by atoms with Crippen LogP contribution in [0.25, 0.3) is 0 Å². The summed E-state index contributed by atoms with van der Waals surface area (Å²) in [6.07, 6.45) is 3.24. The Hall–Kier alpha value is -2.17. The highest BCUT2D eigenvalue weighted by Gasteiger charge is 2.24. The molecule has 1 aliphatic heterocycles. The fourth-order valence-electron chi connectivity index (χ4n) is 3.82. The lowest BCUT2D eigenvalue weighted by Crippen LogP contribution is -2.44. The zero-order valence-electron chi connectivity index (χ0n) is 16.0. The van der Waals surface area contributed by atoms with Crippen molar-refractivity contribution in [1.82, 2.24) is 9.80 Å². The summed E-state index contributed by atoms with van der Waals surface area (Å²) in [5.41, 5.74) is 2.56. The van der Waals surface area contributed by atoms with Gasteiger partial charge in [0, 0.05) is 26.2 Å². The summed E-state index contributed by atoms with van der Waals surface area (Å²) in [6.45, 7) is 3.34. The average molecular weight is 367 g/mol. The third-order valence-corrected chi connectivity index (χ3v) is 5.36. The number of likely N-dealkylation sites (tertiary alicyclic amines) is 1. The minimum Gasteiger partial charge on any atom is -0.395 e. The molecule has 27 heavy (non-hydrogen) atoms. The van der Waals surface area contributed by atoms with Crippen LogP contribution < -0.4 is 0 Å². The van der Waals surface area contributed by atoms with E-state index in [1.807, 2.05) is 28.0 Å². The van der Waals surface area contributed by atoms with Gasteiger partial charge in [-0.25, -0.2) is 0 Å². The van der Waals surface area contributed by atoms with Crippen molar-refractivity contribution in [2.45, 2.75) is 25.8 Å². The van der Waals surface area contributed by atoms with Gasteiger partial charge in [-0.15, -0.1) is 0 Å². The van der Waals surface area contributed by atoms with Gasteiger partial charge in [0.2, 0.25) is 5.91 Å². The van der Waals surface area contributed by atoms with Gasteiger partial charge in [-0.1, -0.05) is 60.7 Å².